The Morgan fingerprint density at radius 1 is 1.08 bits per heavy atom. The van der Waals surface area contributed by atoms with Gasteiger partial charge in [-0.2, -0.15) is 0 Å². The molecule has 4 rings (SSSR count). The smallest absolute Gasteiger partial charge is 0.332 e. The van der Waals surface area contributed by atoms with Crippen molar-refractivity contribution < 1.29 is 38.2 Å². The first-order chi connectivity index (χ1) is 17.2. The third-order valence-electron chi connectivity index (χ3n) is 6.20. The second-order valence-electron chi connectivity index (χ2n) is 8.60. The Balaban J connectivity index is 1.70. The first kappa shape index (κ1) is 25.0. The maximum atomic E-state index is 13.8. The topological polar surface area (TPSA) is 125 Å². The molecule has 2 aliphatic rings. The SMILES string of the molecule is CC(=O)c1cccc(N2C(=O)C3C(CCN3C(=O)COCC(=O)O)N(Cc3cccc(F)c3)C2=O)c1. The molecule has 11 heteroatoms. The van der Waals surface area contributed by atoms with Crippen molar-refractivity contribution in [2.24, 2.45) is 0 Å². The van der Waals surface area contributed by atoms with Gasteiger partial charge in [0.1, 0.15) is 25.1 Å². The van der Waals surface area contributed by atoms with Crippen LogP contribution in [0.2, 0.25) is 0 Å². The van der Waals surface area contributed by atoms with E-state index in [-0.39, 0.29) is 24.6 Å². The highest BCUT2D eigenvalue weighted by Crippen LogP contribution is 2.34. The second kappa shape index (κ2) is 10.2. The molecule has 2 unspecified atom stereocenters. The zero-order chi connectivity index (χ0) is 26.0. The summed E-state index contributed by atoms with van der Waals surface area (Å²) in [6, 6.07) is 9.40. The quantitative estimate of drug-likeness (QED) is 0.554. The number of carbonyl (C=O) groups is 5. The van der Waals surface area contributed by atoms with Crippen molar-refractivity contribution >= 4 is 35.3 Å². The molecule has 2 atom stereocenters. The number of ether oxygens (including phenoxy) is 1. The lowest BCUT2D eigenvalue weighted by atomic mass is 10.0. The number of rotatable bonds is 8. The molecule has 0 saturated carbocycles. The van der Waals surface area contributed by atoms with Gasteiger partial charge in [-0.05, 0) is 43.2 Å². The number of anilines is 1. The molecule has 0 bridgehead atoms. The fourth-order valence-corrected chi connectivity index (χ4v) is 4.60. The van der Waals surface area contributed by atoms with Crippen molar-refractivity contribution in [1.29, 1.82) is 0 Å². The Morgan fingerprint density at radius 3 is 2.53 bits per heavy atom. The maximum Gasteiger partial charge on any atom is 0.332 e. The third-order valence-corrected chi connectivity index (χ3v) is 6.20. The van der Waals surface area contributed by atoms with Crippen LogP contribution in [0.4, 0.5) is 14.9 Å². The number of hydrogen-bond donors (Lipinski definition) is 1. The Hall–Kier alpha value is -4.12. The largest absolute Gasteiger partial charge is 0.480 e. The number of carboxylic acid groups (broad SMARTS) is 1. The molecule has 0 spiro atoms. The number of Topliss-reactive ketones (excluding diaryl/α,β-unsaturated/α-hetero) is 1. The molecule has 1 N–H and O–H groups in total. The molecule has 0 aromatic heterocycles. The molecule has 2 aromatic rings. The summed E-state index contributed by atoms with van der Waals surface area (Å²) in [6.45, 7) is 0.284. The van der Waals surface area contributed by atoms with Crippen LogP contribution in [0.3, 0.4) is 0 Å². The molecule has 0 radical (unpaired) electrons. The van der Waals surface area contributed by atoms with Crippen molar-refractivity contribution in [3.8, 4) is 0 Å². The Kier molecular flexibility index (Phi) is 7.11. The van der Waals surface area contributed by atoms with Crippen molar-refractivity contribution in [3.05, 3.63) is 65.5 Å². The lowest BCUT2D eigenvalue weighted by Gasteiger charge is -2.43. The number of imide groups is 1. The van der Waals surface area contributed by atoms with Crippen LogP contribution in [-0.4, -0.2) is 76.3 Å². The number of hydrogen-bond acceptors (Lipinski definition) is 6. The number of ketones is 1. The number of carboxylic acids is 1. The minimum Gasteiger partial charge on any atom is -0.480 e. The van der Waals surface area contributed by atoms with Crippen LogP contribution in [0.5, 0.6) is 0 Å². The highest BCUT2D eigenvalue weighted by atomic mass is 19.1. The number of aliphatic carboxylic acids is 1. The number of nitrogens with zero attached hydrogens (tertiary/aromatic N) is 3. The minimum absolute atomic E-state index is 0.00845. The Labute approximate surface area is 205 Å². The first-order valence-corrected chi connectivity index (χ1v) is 11.3. The Bertz CT molecular complexity index is 1230. The molecule has 36 heavy (non-hydrogen) atoms. The summed E-state index contributed by atoms with van der Waals surface area (Å²) in [5.41, 5.74) is 0.971. The van der Waals surface area contributed by atoms with Gasteiger partial charge in [-0.3, -0.25) is 14.4 Å². The molecular weight excluding hydrogens is 473 g/mol. The average Bonchev–Trinajstić information content (AvgIpc) is 3.27. The Morgan fingerprint density at radius 2 is 1.83 bits per heavy atom. The molecule has 2 saturated heterocycles. The summed E-state index contributed by atoms with van der Waals surface area (Å²) in [5, 5.41) is 8.76. The van der Waals surface area contributed by atoms with Crippen molar-refractivity contribution in [3.63, 3.8) is 0 Å². The standard InChI is InChI=1S/C25H24FN3O7/c1-15(30)17-5-3-7-19(11-17)29-24(34)23-20(8-9-27(23)21(31)13-36-14-22(32)33)28(25(29)35)12-16-4-2-6-18(26)10-16/h2-7,10-11,20,23H,8-9,12-14H2,1H3,(H,32,33). The van der Waals surface area contributed by atoms with E-state index in [0.29, 0.717) is 17.5 Å². The lowest BCUT2D eigenvalue weighted by Crippen LogP contribution is -2.66. The van der Waals surface area contributed by atoms with E-state index in [1.165, 1.54) is 47.1 Å². The van der Waals surface area contributed by atoms with E-state index in [1.807, 2.05) is 0 Å². The van der Waals surface area contributed by atoms with Crippen LogP contribution < -0.4 is 4.90 Å². The molecule has 2 aromatic carbocycles. The van der Waals surface area contributed by atoms with Crippen LogP contribution in [0.25, 0.3) is 0 Å². The van der Waals surface area contributed by atoms with Gasteiger partial charge in [-0.25, -0.2) is 18.9 Å². The van der Waals surface area contributed by atoms with Crippen molar-refractivity contribution in [1.82, 2.24) is 9.80 Å². The number of amides is 4. The van der Waals surface area contributed by atoms with Gasteiger partial charge in [0, 0.05) is 18.7 Å². The van der Waals surface area contributed by atoms with E-state index in [0.717, 1.165) is 4.90 Å². The summed E-state index contributed by atoms with van der Waals surface area (Å²) in [4.78, 5) is 66.4. The van der Waals surface area contributed by atoms with E-state index in [4.69, 9.17) is 9.84 Å². The van der Waals surface area contributed by atoms with Crippen LogP contribution in [0, 0.1) is 5.82 Å². The summed E-state index contributed by atoms with van der Waals surface area (Å²) < 4.78 is 18.8. The average molecular weight is 497 g/mol. The summed E-state index contributed by atoms with van der Waals surface area (Å²) in [6.07, 6.45) is 0.295. The molecule has 4 amide bonds. The van der Waals surface area contributed by atoms with Gasteiger partial charge in [-0.1, -0.05) is 24.3 Å². The van der Waals surface area contributed by atoms with Crippen LogP contribution in [-0.2, 0) is 25.7 Å². The normalized spacial score (nSPS) is 19.4. The predicted octanol–water partition coefficient (Wildman–Crippen LogP) is 2.07. The van der Waals surface area contributed by atoms with E-state index < -0.39 is 54.9 Å². The number of carbonyl (C=O) groups excluding carboxylic acids is 4. The minimum atomic E-state index is -1.24. The number of benzene rings is 2. The van der Waals surface area contributed by atoms with E-state index in [2.05, 4.69) is 0 Å². The van der Waals surface area contributed by atoms with E-state index in [9.17, 15) is 28.4 Å². The zero-order valence-corrected chi connectivity index (χ0v) is 19.4. The third kappa shape index (κ3) is 4.96. The van der Waals surface area contributed by atoms with Gasteiger partial charge in [0.05, 0.1) is 11.7 Å². The summed E-state index contributed by atoms with van der Waals surface area (Å²) in [5.74, 6) is -3.20. The lowest BCUT2D eigenvalue weighted by molar-refractivity contribution is -0.148. The maximum absolute atomic E-state index is 13.8. The van der Waals surface area contributed by atoms with Gasteiger partial charge in [0.25, 0.3) is 5.91 Å². The summed E-state index contributed by atoms with van der Waals surface area (Å²) >= 11 is 0. The first-order valence-electron chi connectivity index (χ1n) is 11.3. The molecule has 0 aliphatic carbocycles. The number of likely N-dealkylation sites (tertiary alicyclic amines) is 1. The van der Waals surface area contributed by atoms with Crippen LogP contribution in [0.15, 0.2) is 48.5 Å². The van der Waals surface area contributed by atoms with Crippen LogP contribution in [0.1, 0.15) is 29.3 Å². The molecule has 2 aliphatic heterocycles. The second-order valence-corrected chi connectivity index (χ2v) is 8.60. The number of halogens is 1. The summed E-state index contributed by atoms with van der Waals surface area (Å²) in [7, 11) is 0. The van der Waals surface area contributed by atoms with E-state index >= 15 is 0 Å². The van der Waals surface area contributed by atoms with Crippen molar-refractivity contribution in [2.45, 2.75) is 32.0 Å². The number of urea groups is 1. The molecule has 188 valence electrons. The van der Waals surface area contributed by atoms with Gasteiger partial charge in [0.15, 0.2) is 5.78 Å². The zero-order valence-electron chi connectivity index (χ0n) is 19.4. The molecule has 10 nitrogen and oxygen atoms in total. The monoisotopic (exact) mass is 497 g/mol. The van der Waals surface area contributed by atoms with Crippen molar-refractivity contribution in [2.75, 3.05) is 24.7 Å². The molecule has 2 fully saturated rings. The fraction of sp³-hybridized carbons (Fsp3) is 0.320. The van der Waals surface area contributed by atoms with Gasteiger partial charge < -0.3 is 19.6 Å². The van der Waals surface area contributed by atoms with Gasteiger partial charge in [0.2, 0.25) is 5.91 Å². The molecular formula is C25H24FN3O7. The highest BCUT2D eigenvalue weighted by Gasteiger charge is 2.53. The fourth-order valence-electron chi connectivity index (χ4n) is 4.60. The highest BCUT2D eigenvalue weighted by molar-refractivity contribution is 6.19. The van der Waals surface area contributed by atoms with Gasteiger partial charge >= 0.3 is 12.0 Å². The van der Waals surface area contributed by atoms with Gasteiger partial charge in [-0.15, -0.1) is 0 Å². The number of fused-ring (bicyclic) bond motifs is 1. The van der Waals surface area contributed by atoms with E-state index in [1.54, 1.807) is 18.2 Å². The predicted molar refractivity (Wildman–Crippen MR) is 124 cm³/mol. The van der Waals surface area contributed by atoms with Crippen LogP contribution >= 0.6 is 0 Å². The molecule has 2 heterocycles.